The molecule has 1 aliphatic heterocycles. The number of hydrogen-bond acceptors (Lipinski definition) is 3. The van der Waals surface area contributed by atoms with Crippen LogP contribution in [-0.4, -0.2) is 36.3 Å². The lowest BCUT2D eigenvalue weighted by Crippen LogP contribution is -2.40. The summed E-state index contributed by atoms with van der Waals surface area (Å²) >= 11 is 0.591. The molecule has 1 aliphatic rings. The topological polar surface area (TPSA) is 15.3 Å². The van der Waals surface area contributed by atoms with Crippen LogP contribution >= 0.6 is 11.8 Å². The van der Waals surface area contributed by atoms with Gasteiger partial charge < -0.3 is 10.2 Å². The summed E-state index contributed by atoms with van der Waals surface area (Å²) in [7, 11) is 0. The Balaban J connectivity index is 1.78. The minimum Gasteiger partial charge on any atom is -0.382 e. The second kappa shape index (κ2) is 7.99. The smallest absolute Gasteiger partial charge is 0.288 e. The minimum absolute atomic E-state index is 0.488. The van der Waals surface area contributed by atoms with Gasteiger partial charge in [-0.25, -0.2) is 0 Å². The maximum absolute atomic E-state index is 12.3. The van der Waals surface area contributed by atoms with E-state index in [0.717, 1.165) is 37.5 Å². The molecule has 1 aromatic carbocycles. The van der Waals surface area contributed by atoms with Gasteiger partial charge in [-0.05, 0) is 43.0 Å². The first-order valence-corrected chi connectivity index (χ1v) is 8.44. The average Bonchev–Trinajstić information content (AvgIpc) is 2.42. The van der Waals surface area contributed by atoms with Crippen LogP contribution in [0, 0.1) is 5.92 Å². The zero-order valence-electron chi connectivity index (χ0n) is 12.7. The van der Waals surface area contributed by atoms with Gasteiger partial charge in [0.1, 0.15) is 0 Å². The van der Waals surface area contributed by atoms with Gasteiger partial charge in [0.25, 0.3) is 5.76 Å². The maximum Gasteiger partial charge on any atom is 0.288 e. The molecule has 0 atom stereocenters. The Labute approximate surface area is 130 Å². The van der Waals surface area contributed by atoms with Crippen molar-refractivity contribution in [1.29, 1.82) is 0 Å². The van der Waals surface area contributed by atoms with E-state index in [9.17, 15) is 8.78 Å². The Morgan fingerprint density at radius 1 is 1.19 bits per heavy atom. The van der Waals surface area contributed by atoms with Crippen LogP contribution in [0.25, 0.3) is 0 Å². The summed E-state index contributed by atoms with van der Waals surface area (Å²) in [4.78, 5) is 3.13. The van der Waals surface area contributed by atoms with E-state index < -0.39 is 5.76 Å². The molecule has 0 spiro atoms. The third-order valence-electron chi connectivity index (χ3n) is 3.66. The highest BCUT2D eigenvalue weighted by Gasteiger charge is 2.19. The summed E-state index contributed by atoms with van der Waals surface area (Å²) in [5.74, 6) is -1.64. The highest BCUT2D eigenvalue weighted by atomic mass is 32.2. The molecule has 2 nitrogen and oxygen atoms in total. The lowest BCUT2D eigenvalue weighted by molar-refractivity contribution is 0.198. The average molecular weight is 314 g/mol. The SMILES string of the molecule is CC(C)CN1CCC(Nc2ccc(SC(F)F)cc2)CC1. The minimum atomic E-state index is -2.35. The molecule has 1 aromatic rings. The van der Waals surface area contributed by atoms with E-state index >= 15 is 0 Å². The van der Waals surface area contributed by atoms with Crippen LogP contribution in [0.2, 0.25) is 0 Å². The van der Waals surface area contributed by atoms with Gasteiger partial charge >= 0.3 is 0 Å². The molecule has 0 amide bonds. The molecule has 1 heterocycles. The van der Waals surface area contributed by atoms with E-state index in [1.807, 2.05) is 12.1 Å². The fraction of sp³-hybridized carbons (Fsp3) is 0.625. The first-order chi connectivity index (χ1) is 10.0. The van der Waals surface area contributed by atoms with Gasteiger partial charge in [0.15, 0.2) is 0 Å². The van der Waals surface area contributed by atoms with Crippen molar-refractivity contribution in [2.75, 3.05) is 25.0 Å². The monoisotopic (exact) mass is 314 g/mol. The number of nitrogens with one attached hydrogen (secondary N) is 1. The number of benzene rings is 1. The van der Waals surface area contributed by atoms with Gasteiger partial charge in [-0.1, -0.05) is 25.6 Å². The summed E-state index contributed by atoms with van der Waals surface area (Å²) < 4.78 is 24.5. The Morgan fingerprint density at radius 3 is 2.33 bits per heavy atom. The van der Waals surface area contributed by atoms with Gasteiger partial charge in [0, 0.05) is 36.3 Å². The quantitative estimate of drug-likeness (QED) is 0.776. The second-order valence-corrected chi connectivity index (χ2v) is 7.08. The number of rotatable bonds is 6. The fourth-order valence-corrected chi connectivity index (χ4v) is 3.24. The maximum atomic E-state index is 12.3. The molecule has 1 saturated heterocycles. The number of piperidine rings is 1. The fourth-order valence-electron chi connectivity index (χ4n) is 2.74. The van der Waals surface area contributed by atoms with Crippen LogP contribution < -0.4 is 5.32 Å². The normalized spacial score (nSPS) is 17.6. The number of halogens is 2. The van der Waals surface area contributed by atoms with Crippen LogP contribution in [0.1, 0.15) is 26.7 Å². The molecule has 2 rings (SSSR count). The zero-order valence-corrected chi connectivity index (χ0v) is 13.5. The first-order valence-electron chi connectivity index (χ1n) is 7.56. The van der Waals surface area contributed by atoms with Crippen LogP contribution in [-0.2, 0) is 0 Å². The van der Waals surface area contributed by atoms with Crippen LogP contribution in [0.4, 0.5) is 14.5 Å². The number of nitrogens with zero attached hydrogens (tertiary/aromatic N) is 1. The van der Waals surface area contributed by atoms with Gasteiger partial charge in [-0.2, -0.15) is 8.78 Å². The molecule has 1 fully saturated rings. The summed E-state index contributed by atoms with van der Waals surface area (Å²) in [5, 5.41) is 3.51. The highest BCUT2D eigenvalue weighted by Crippen LogP contribution is 2.26. The Kier molecular flexibility index (Phi) is 6.30. The molecule has 21 heavy (non-hydrogen) atoms. The number of likely N-dealkylation sites (tertiary alicyclic amines) is 1. The van der Waals surface area contributed by atoms with Crippen molar-refractivity contribution in [1.82, 2.24) is 4.90 Å². The molecule has 1 N–H and O–H groups in total. The molecule has 0 radical (unpaired) electrons. The number of anilines is 1. The van der Waals surface area contributed by atoms with Gasteiger partial charge in [0.05, 0.1) is 0 Å². The van der Waals surface area contributed by atoms with Crippen molar-refractivity contribution < 1.29 is 8.78 Å². The first kappa shape index (κ1) is 16.6. The van der Waals surface area contributed by atoms with E-state index in [4.69, 9.17) is 0 Å². The third kappa shape index (κ3) is 5.83. The van der Waals surface area contributed by atoms with Crippen molar-refractivity contribution in [2.24, 2.45) is 5.92 Å². The molecular formula is C16H24F2N2S. The molecule has 0 aromatic heterocycles. The standard InChI is InChI=1S/C16H24F2N2S/c1-12(2)11-20-9-7-14(8-10-20)19-13-3-5-15(6-4-13)21-16(17)18/h3-6,12,14,16,19H,7-11H2,1-2H3. The Morgan fingerprint density at radius 2 is 1.81 bits per heavy atom. The zero-order chi connectivity index (χ0) is 15.2. The summed E-state index contributed by atoms with van der Waals surface area (Å²) in [6.07, 6.45) is 2.28. The summed E-state index contributed by atoms with van der Waals surface area (Å²) in [5.41, 5.74) is 1.02. The van der Waals surface area contributed by atoms with Crippen molar-refractivity contribution in [2.45, 2.75) is 43.4 Å². The van der Waals surface area contributed by atoms with E-state index in [-0.39, 0.29) is 0 Å². The van der Waals surface area contributed by atoms with E-state index in [1.54, 1.807) is 12.1 Å². The Hall–Kier alpha value is -0.810. The second-order valence-electron chi connectivity index (χ2n) is 6.02. The number of hydrogen-bond donors (Lipinski definition) is 1. The molecule has 118 valence electrons. The molecule has 0 aliphatic carbocycles. The predicted octanol–water partition coefficient (Wildman–Crippen LogP) is 4.53. The lowest BCUT2D eigenvalue weighted by atomic mass is 10.0. The van der Waals surface area contributed by atoms with Crippen molar-refractivity contribution in [3.8, 4) is 0 Å². The number of alkyl halides is 2. The predicted molar refractivity (Wildman–Crippen MR) is 86.2 cm³/mol. The van der Waals surface area contributed by atoms with Gasteiger partial charge in [-0.3, -0.25) is 0 Å². The van der Waals surface area contributed by atoms with Crippen molar-refractivity contribution in [3.63, 3.8) is 0 Å². The molecular weight excluding hydrogens is 290 g/mol. The van der Waals surface area contributed by atoms with E-state index in [0.29, 0.717) is 22.7 Å². The lowest BCUT2D eigenvalue weighted by Gasteiger charge is -2.33. The number of thioether (sulfide) groups is 1. The summed E-state index contributed by atoms with van der Waals surface area (Å²) in [6, 6.07) is 7.79. The molecule has 0 unspecified atom stereocenters. The van der Waals surface area contributed by atoms with Crippen molar-refractivity contribution >= 4 is 17.4 Å². The van der Waals surface area contributed by atoms with Crippen LogP contribution in [0.15, 0.2) is 29.2 Å². The van der Waals surface area contributed by atoms with E-state index in [1.165, 1.54) is 6.54 Å². The highest BCUT2D eigenvalue weighted by molar-refractivity contribution is 7.99. The molecule has 0 bridgehead atoms. The van der Waals surface area contributed by atoms with Crippen LogP contribution in [0.3, 0.4) is 0 Å². The van der Waals surface area contributed by atoms with E-state index in [2.05, 4.69) is 24.1 Å². The third-order valence-corrected chi connectivity index (χ3v) is 4.38. The van der Waals surface area contributed by atoms with Crippen molar-refractivity contribution in [3.05, 3.63) is 24.3 Å². The van der Waals surface area contributed by atoms with Crippen LogP contribution in [0.5, 0.6) is 0 Å². The summed E-state index contributed by atoms with van der Waals surface area (Å²) in [6.45, 7) is 7.95. The molecule has 5 heteroatoms. The van der Waals surface area contributed by atoms with Gasteiger partial charge in [-0.15, -0.1) is 0 Å². The van der Waals surface area contributed by atoms with Gasteiger partial charge in [0.2, 0.25) is 0 Å². The largest absolute Gasteiger partial charge is 0.382 e. The Bertz CT molecular complexity index is 415. The molecule has 0 saturated carbocycles.